The van der Waals surface area contributed by atoms with Crippen LogP contribution in [0.5, 0.6) is 0 Å². The second kappa shape index (κ2) is 5.79. The second-order valence-corrected chi connectivity index (χ2v) is 5.95. The normalized spacial score (nSPS) is 23.0. The Balaban J connectivity index is 1.91. The molecule has 21 heavy (non-hydrogen) atoms. The van der Waals surface area contributed by atoms with Crippen molar-refractivity contribution in [2.24, 2.45) is 5.92 Å². The number of nitrogen functional groups attached to an aromatic ring is 1. The third-order valence-corrected chi connectivity index (χ3v) is 4.32. The number of rotatable bonds is 2. The molecule has 1 aromatic heterocycles. The van der Waals surface area contributed by atoms with Gasteiger partial charge in [-0.1, -0.05) is 19.8 Å². The van der Waals surface area contributed by atoms with Gasteiger partial charge in [-0.25, -0.2) is 9.07 Å². The van der Waals surface area contributed by atoms with Gasteiger partial charge in [-0.2, -0.15) is 0 Å². The molecule has 0 spiro atoms. The van der Waals surface area contributed by atoms with Crippen LogP contribution in [0.3, 0.4) is 0 Å². The molecular formula is C15H20FN5. The zero-order chi connectivity index (χ0) is 14.8. The fraction of sp³-hybridized carbons (Fsp3) is 0.533. The van der Waals surface area contributed by atoms with Crippen molar-refractivity contribution in [3.8, 4) is 11.4 Å². The molecule has 112 valence electrons. The summed E-state index contributed by atoms with van der Waals surface area (Å²) >= 11 is 0. The van der Waals surface area contributed by atoms with Crippen molar-refractivity contribution in [1.82, 2.24) is 20.2 Å². The highest BCUT2D eigenvalue weighted by Crippen LogP contribution is 2.32. The number of aromatic nitrogens is 4. The second-order valence-electron chi connectivity index (χ2n) is 5.95. The number of nitrogens with two attached hydrogens (primary N) is 1. The summed E-state index contributed by atoms with van der Waals surface area (Å²) in [6, 6.07) is 4.94. The monoisotopic (exact) mass is 289 g/mol. The summed E-state index contributed by atoms with van der Waals surface area (Å²) in [5.74, 6) is 1.01. The molecule has 2 aromatic rings. The lowest BCUT2D eigenvalue weighted by atomic mass is 10.0. The number of halogens is 1. The van der Waals surface area contributed by atoms with Crippen molar-refractivity contribution in [2.45, 2.75) is 45.1 Å². The molecule has 0 aliphatic heterocycles. The number of hydrogen-bond acceptors (Lipinski definition) is 4. The van der Waals surface area contributed by atoms with E-state index in [1.807, 2.05) is 4.68 Å². The summed E-state index contributed by atoms with van der Waals surface area (Å²) in [7, 11) is 0. The van der Waals surface area contributed by atoms with Gasteiger partial charge in [-0.3, -0.25) is 0 Å². The van der Waals surface area contributed by atoms with Gasteiger partial charge in [0.1, 0.15) is 5.82 Å². The van der Waals surface area contributed by atoms with Gasteiger partial charge in [0.05, 0.1) is 11.7 Å². The zero-order valence-corrected chi connectivity index (χ0v) is 12.2. The molecular weight excluding hydrogens is 269 g/mol. The number of tetrazole rings is 1. The highest BCUT2D eigenvalue weighted by atomic mass is 19.1. The van der Waals surface area contributed by atoms with Crippen LogP contribution >= 0.6 is 0 Å². The van der Waals surface area contributed by atoms with Crippen LogP contribution in [0.15, 0.2) is 18.2 Å². The molecule has 2 atom stereocenters. The van der Waals surface area contributed by atoms with Gasteiger partial charge in [0, 0.05) is 5.56 Å². The Kier molecular flexibility index (Phi) is 3.86. The number of anilines is 1. The predicted molar refractivity (Wildman–Crippen MR) is 78.9 cm³/mol. The average molecular weight is 289 g/mol. The van der Waals surface area contributed by atoms with Gasteiger partial charge in [0.2, 0.25) is 0 Å². The summed E-state index contributed by atoms with van der Waals surface area (Å²) in [6.45, 7) is 2.30. The van der Waals surface area contributed by atoms with E-state index in [0.717, 1.165) is 24.3 Å². The third kappa shape index (κ3) is 2.89. The minimum Gasteiger partial charge on any atom is -0.396 e. The van der Waals surface area contributed by atoms with Gasteiger partial charge in [0.15, 0.2) is 5.82 Å². The van der Waals surface area contributed by atoms with Crippen molar-refractivity contribution in [1.29, 1.82) is 0 Å². The Hall–Kier alpha value is -1.98. The van der Waals surface area contributed by atoms with E-state index < -0.39 is 5.82 Å². The van der Waals surface area contributed by atoms with Crippen LogP contribution in [0.25, 0.3) is 11.4 Å². The Bertz CT molecular complexity index is 624. The average Bonchev–Trinajstić information content (AvgIpc) is 2.85. The van der Waals surface area contributed by atoms with E-state index in [1.165, 1.54) is 25.3 Å². The molecule has 1 aliphatic carbocycles. The van der Waals surface area contributed by atoms with E-state index in [9.17, 15) is 4.39 Å². The predicted octanol–water partition coefficient (Wildman–Crippen LogP) is 3.20. The van der Waals surface area contributed by atoms with Crippen LogP contribution in [0.4, 0.5) is 10.1 Å². The Morgan fingerprint density at radius 3 is 2.90 bits per heavy atom. The van der Waals surface area contributed by atoms with E-state index in [1.54, 1.807) is 12.1 Å². The van der Waals surface area contributed by atoms with Crippen molar-refractivity contribution >= 4 is 5.69 Å². The first-order valence-electron chi connectivity index (χ1n) is 7.48. The Labute approximate surface area is 123 Å². The maximum Gasteiger partial charge on any atom is 0.182 e. The lowest BCUT2D eigenvalue weighted by Gasteiger charge is -2.16. The molecule has 6 heteroatoms. The number of hydrogen-bond donors (Lipinski definition) is 1. The minimum atomic E-state index is -0.416. The lowest BCUT2D eigenvalue weighted by molar-refractivity contribution is 0.394. The van der Waals surface area contributed by atoms with E-state index in [-0.39, 0.29) is 5.69 Å². The van der Waals surface area contributed by atoms with Crippen LogP contribution < -0.4 is 5.73 Å². The van der Waals surface area contributed by atoms with Gasteiger partial charge >= 0.3 is 0 Å². The van der Waals surface area contributed by atoms with E-state index in [0.29, 0.717) is 11.9 Å². The highest BCUT2D eigenvalue weighted by molar-refractivity contribution is 5.61. The van der Waals surface area contributed by atoms with Gasteiger partial charge in [-0.15, -0.1) is 5.10 Å². The summed E-state index contributed by atoms with van der Waals surface area (Å²) in [5, 5.41) is 12.1. The molecule has 1 aromatic carbocycles. The van der Waals surface area contributed by atoms with E-state index >= 15 is 0 Å². The molecule has 0 amide bonds. The van der Waals surface area contributed by atoms with Gasteiger partial charge in [0.25, 0.3) is 0 Å². The smallest absolute Gasteiger partial charge is 0.182 e. The molecule has 0 saturated heterocycles. The zero-order valence-electron chi connectivity index (χ0n) is 12.2. The first-order chi connectivity index (χ1) is 10.1. The number of nitrogens with zero attached hydrogens (tertiary/aromatic N) is 4. The van der Waals surface area contributed by atoms with Crippen LogP contribution in [0.2, 0.25) is 0 Å². The molecule has 2 N–H and O–H groups in total. The van der Waals surface area contributed by atoms with Crippen molar-refractivity contribution in [3.05, 3.63) is 24.0 Å². The van der Waals surface area contributed by atoms with Crippen LogP contribution in [-0.2, 0) is 0 Å². The van der Waals surface area contributed by atoms with Gasteiger partial charge < -0.3 is 5.73 Å². The van der Waals surface area contributed by atoms with E-state index in [4.69, 9.17) is 5.73 Å². The van der Waals surface area contributed by atoms with Crippen molar-refractivity contribution in [3.63, 3.8) is 0 Å². The quantitative estimate of drug-likeness (QED) is 0.681. The third-order valence-electron chi connectivity index (χ3n) is 4.32. The first-order valence-corrected chi connectivity index (χ1v) is 7.48. The fourth-order valence-electron chi connectivity index (χ4n) is 3.02. The molecule has 1 saturated carbocycles. The standard InChI is InChI=1S/C15H20FN5/c1-10-3-2-4-12(7-5-10)21-15(18-19-20-21)11-6-8-13(16)14(17)9-11/h6,8-10,12H,2-5,7,17H2,1H3. The summed E-state index contributed by atoms with van der Waals surface area (Å²) in [5.41, 5.74) is 6.53. The van der Waals surface area contributed by atoms with Crippen LogP contribution in [0, 0.1) is 11.7 Å². The van der Waals surface area contributed by atoms with Crippen molar-refractivity contribution in [2.75, 3.05) is 5.73 Å². The maximum atomic E-state index is 13.3. The first kappa shape index (κ1) is 14.0. The van der Waals surface area contributed by atoms with Crippen molar-refractivity contribution < 1.29 is 4.39 Å². The molecule has 1 aliphatic rings. The van der Waals surface area contributed by atoms with Gasteiger partial charge in [-0.05, 0) is 53.8 Å². The molecule has 3 rings (SSSR count). The Morgan fingerprint density at radius 1 is 1.24 bits per heavy atom. The minimum absolute atomic E-state index is 0.122. The number of benzene rings is 1. The molecule has 0 bridgehead atoms. The fourth-order valence-corrected chi connectivity index (χ4v) is 3.02. The van der Waals surface area contributed by atoms with Crippen LogP contribution in [-0.4, -0.2) is 20.2 Å². The molecule has 0 radical (unpaired) electrons. The SMILES string of the molecule is CC1CCCC(n2nnnc2-c2ccc(F)c(N)c2)CC1. The lowest BCUT2D eigenvalue weighted by Crippen LogP contribution is -2.12. The molecule has 5 nitrogen and oxygen atoms in total. The molecule has 1 heterocycles. The summed E-state index contributed by atoms with van der Waals surface area (Å²) < 4.78 is 15.2. The molecule has 1 fully saturated rings. The maximum absolute atomic E-state index is 13.3. The highest BCUT2D eigenvalue weighted by Gasteiger charge is 2.22. The Morgan fingerprint density at radius 2 is 2.10 bits per heavy atom. The van der Waals surface area contributed by atoms with Crippen LogP contribution in [0.1, 0.15) is 45.1 Å². The summed E-state index contributed by atoms with van der Waals surface area (Å²) in [4.78, 5) is 0. The molecule has 2 unspecified atom stereocenters. The van der Waals surface area contributed by atoms with E-state index in [2.05, 4.69) is 22.4 Å². The largest absolute Gasteiger partial charge is 0.396 e. The topological polar surface area (TPSA) is 69.6 Å². The summed E-state index contributed by atoms with van der Waals surface area (Å²) in [6.07, 6.45) is 5.80.